The first kappa shape index (κ1) is 27.7. The number of hydrogen-bond donors (Lipinski definition) is 5. The molecule has 2 aromatic rings. The minimum absolute atomic E-state index is 0.0473. The van der Waals surface area contributed by atoms with Crippen molar-refractivity contribution in [2.75, 3.05) is 0 Å². The van der Waals surface area contributed by atoms with Crippen LogP contribution in [0, 0.1) is 5.92 Å². The normalized spacial score (nSPS) is 18.8. The molecular weight excluding hydrogens is 476 g/mol. The van der Waals surface area contributed by atoms with Crippen molar-refractivity contribution >= 4 is 23.6 Å². The van der Waals surface area contributed by atoms with E-state index < -0.39 is 47.9 Å². The van der Waals surface area contributed by atoms with Gasteiger partial charge < -0.3 is 31.5 Å². The number of rotatable bonds is 12. The number of aromatic hydroxyl groups is 1. The van der Waals surface area contributed by atoms with Crippen LogP contribution in [0.3, 0.4) is 0 Å². The number of amides is 4. The molecule has 0 aliphatic carbocycles. The number of carbonyl (C=O) groups excluding carboxylic acids is 4. The second kappa shape index (κ2) is 12.4. The first-order chi connectivity index (χ1) is 17.5. The van der Waals surface area contributed by atoms with Crippen LogP contribution in [0.4, 0.5) is 0 Å². The highest BCUT2D eigenvalue weighted by Crippen LogP contribution is 2.24. The molecule has 10 heteroatoms. The van der Waals surface area contributed by atoms with E-state index in [0.29, 0.717) is 12.0 Å². The molecule has 1 aliphatic rings. The Kier molecular flexibility index (Phi) is 9.24. The van der Waals surface area contributed by atoms with Crippen molar-refractivity contribution in [1.29, 1.82) is 0 Å². The van der Waals surface area contributed by atoms with Gasteiger partial charge in [0, 0.05) is 6.42 Å². The van der Waals surface area contributed by atoms with Gasteiger partial charge in [-0.2, -0.15) is 0 Å². The average molecular weight is 511 g/mol. The number of nitrogens with one attached hydrogen (secondary N) is 3. The van der Waals surface area contributed by atoms with Gasteiger partial charge in [-0.25, -0.2) is 0 Å². The number of benzene rings is 2. The number of epoxide rings is 1. The molecule has 2 unspecified atom stereocenters. The SMILES string of the molecule is CC(C)C[C@H](NC(=O)[C@@H]1OC1C(=O)N[C@H](C)c1ccccc1)C(=O)NC(Cc1ccc(O)cc1)C(N)=O. The maximum atomic E-state index is 13.0. The van der Waals surface area contributed by atoms with Gasteiger partial charge in [0.2, 0.25) is 11.8 Å². The molecular formula is C27H34N4O6. The van der Waals surface area contributed by atoms with Crippen LogP contribution in [0.2, 0.25) is 0 Å². The van der Waals surface area contributed by atoms with Crippen LogP contribution in [-0.2, 0) is 30.3 Å². The maximum absolute atomic E-state index is 13.0. The number of ether oxygens (including phenoxy) is 1. The summed E-state index contributed by atoms with van der Waals surface area (Å²) in [4.78, 5) is 50.4. The van der Waals surface area contributed by atoms with Crippen molar-refractivity contribution in [3.05, 3.63) is 65.7 Å². The molecule has 0 spiro atoms. The summed E-state index contributed by atoms with van der Waals surface area (Å²) in [5, 5.41) is 17.5. The standard InChI is InChI=1S/C27H34N4O6/c1-15(2)13-21(25(34)30-20(24(28)33)14-17-9-11-19(32)12-10-17)31-27(36)23-22(37-23)26(35)29-16(3)18-7-5-4-6-8-18/h4-12,15-16,20-23,32H,13-14H2,1-3H3,(H2,28,33)(H,29,35)(H,30,34)(H,31,36)/t16-,20?,21+,22?,23-/m1/s1. The first-order valence-electron chi connectivity index (χ1n) is 12.2. The van der Waals surface area contributed by atoms with E-state index in [4.69, 9.17) is 10.5 Å². The van der Waals surface area contributed by atoms with Gasteiger partial charge in [0.05, 0.1) is 6.04 Å². The van der Waals surface area contributed by atoms with E-state index in [9.17, 15) is 24.3 Å². The second-order valence-corrected chi connectivity index (χ2v) is 9.64. The Labute approximate surface area is 216 Å². The molecule has 5 atom stereocenters. The lowest BCUT2D eigenvalue weighted by Crippen LogP contribution is -2.54. The lowest BCUT2D eigenvalue weighted by atomic mass is 10.0. The molecule has 4 amide bonds. The predicted molar refractivity (Wildman–Crippen MR) is 136 cm³/mol. The van der Waals surface area contributed by atoms with Crippen LogP contribution in [0.5, 0.6) is 5.75 Å². The van der Waals surface area contributed by atoms with Crippen LogP contribution >= 0.6 is 0 Å². The van der Waals surface area contributed by atoms with E-state index in [2.05, 4.69) is 16.0 Å². The van der Waals surface area contributed by atoms with Gasteiger partial charge in [-0.3, -0.25) is 19.2 Å². The minimum atomic E-state index is -1.02. The fraction of sp³-hybridized carbons (Fsp3) is 0.407. The summed E-state index contributed by atoms with van der Waals surface area (Å²) >= 11 is 0. The van der Waals surface area contributed by atoms with E-state index in [1.165, 1.54) is 12.1 Å². The number of phenols is 1. The molecule has 2 aromatic carbocycles. The largest absolute Gasteiger partial charge is 0.508 e. The molecule has 0 radical (unpaired) electrons. The maximum Gasteiger partial charge on any atom is 0.253 e. The highest BCUT2D eigenvalue weighted by Gasteiger charge is 2.51. The topological polar surface area (TPSA) is 163 Å². The summed E-state index contributed by atoms with van der Waals surface area (Å²) in [6, 6.07) is 13.4. The first-order valence-corrected chi connectivity index (χ1v) is 12.2. The summed E-state index contributed by atoms with van der Waals surface area (Å²) in [6.07, 6.45) is -1.52. The Morgan fingerprint density at radius 1 is 0.865 bits per heavy atom. The predicted octanol–water partition coefficient (Wildman–Crippen LogP) is 1.08. The monoisotopic (exact) mass is 510 g/mol. The molecule has 1 aliphatic heterocycles. The molecule has 0 saturated carbocycles. The van der Waals surface area contributed by atoms with Crippen LogP contribution < -0.4 is 21.7 Å². The van der Waals surface area contributed by atoms with Crippen molar-refractivity contribution in [3.63, 3.8) is 0 Å². The lowest BCUT2D eigenvalue weighted by molar-refractivity contribution is -0.132. The third-order valence-electron chi connectivity index (χ3n) is 6.04. The Hall–Kier alpha value is -3.92. The fourth-order valence-corrected chi connectivity index (χ4v) is 3.95. The Morgan fingerprint density at radius 2 is 1.46 bits per heavy atom. The van der Waals surface area contributed by atoms with Crippen LogP contribution in [0.15, 0.2) is 54.6 Å². The zero-order valence-corrected chi connectivity index (χ0v) is 21.1. The van der Waals surface area contributed by atoms with Gasteiger partial charge in [0.15, 0.2) is 12.2 Å². The second-order valence-electron chi connectivity index (χ2n) is 9.64. The van der Waals surface area contributed by atoms with E-state index in [1.54, 1.807) is 12.1 Å². The molecule has 1 fully saturated rings. The van der Waals surface area contributed by atoms with Crippen molar-refractivity contribution in [3.8, 4) is 5.75 Å². The van der Waals surface area contributed by atoms with Crippen molar-refractivity contribution in [1.82, 2.24) is 16.0 Å². The molecule has 1 saturated heterocycles. The number of carbonyl (C=O) groups is 4. The smallest absolute Gasteiger partial charge is 0.253 e. The van der Waals surface area contributed by atoms with Crippen molar-refractivity contribution in [2.45, 2.75) is 63.9 Å². The number of primary amides is 1. The van der Waals surface area contributed by atoms with Crippen molar-refractivity contribution < 1.29 is 29.0 Å². The van der Waals surface area contributed by atoms with Gasteiger partial charge in [0.25, 0.3) is 11.8 Å². The average Bonchev–Trinajstić information content (AvgIpc) is 3.66. The zero-order valence-electron chi connectivity index (χ0n) is 21.1. The lowest BCUT2D eigenvalue weighted by Gasteiger charge is -2.23. The molecule has 6 N–H and O–H groups in total. The fourth-order valence-electron chi connectivity index (χ4n) is 3.95. The third kappa shape index (κ3) is 8.04. The summed E-state index contributed by atoms with van der Waals surface area (Å²) in [7, 11) is 0. The van der Waals surface area contributed by atoms with E-state index in [0.717, 1.165) is 5.56 Å². The van der Waals surface area contributed by atoms with Crippen LogP contribution in [0.25, 0.3) is 0 Å². The van der Waals surface area contributed by atoms with Crippen molar-refractivity contribution in [2.24, 2.45) is 11.7 Å². The van der Waals surface area contributed by atoms with Gasteiger partial charge in [-0.1, -0.05) is 56.3 Å². The molecule has 10 nitrogen and oxygen atoms in total. The summed E-state index contributed by atoms with van der Waals surface area (Å²) in [5.41, 5.74) is 7.11. The van der Waals surface area contributed by atoms with Crippen LogP contribution in [0.1, 0.15) is 44.4 Å². The Bertz CT molecular complexity index is 1110. The Morgan fingerprint density at radius 3 is 2.03 bits per heavy atom. The number of hydrogen-bond acceptors (Lipinski definition) is 6. The molecule has 198 valence electrons. The number of nitrogens with two attached hydrogens (primary N) is 1. The molecule has 0 aromatic heterocycles. The van der Waals surface area contributed by atoms with Gasteiger partial charge >= 0.3 is 0 Å². The summed E-state index contributed by atoms with van der Waals surface area (Å²) in [5.74, 6) is -2.17. The quantitative estimate of drug-likeness (QED) is 0.268. The van der Waals surface area contributed by atoms with E-state index in [1.807, 2.05) is 51.1 Å². The minimum Gasteiger partial charge on any atom is -0.508 e. The Balaban J connectivity index is 1.58. The third-order valence-corrected chi connectivity index (χ3v) is 6.04. The number of phenolic OH excluding ortho intramolecular Hbond substituents is 1. The van der Waals surface area contributed by atoms with E-state index in [-0.39, 0.29) is 24.1 Å². The highest BCUT2D eigenvalue weighted by molar-refractivity contribution is 5.97. The van der Waals surface area contributed by atoms with E-state index >= 15 is 0 Å². The summed E-state index contributed by atoms with van der Waals surface area (Å²) in [6.45, 7) is 5.62. The molecule has 37 heavy (non-hydrogen) atoms. The van der Waals surface area contributed by atoms with Gasteiger partial charge in [-0.05, 0) is 42.5 Å². The molecule has 1 heterocycles. The summed E-state index contributed by atoms with van der Waals surface area (Å²) < 4.78 is 5.32. The molecule has 0 bridgehead atoms. The molecule has 3 rings (SSSR count). The van der Waals surface area contributed by atoms with Gasteiger partial charge in [0.1, 0.15) is 17.8 Å². The van der Waals surface area contributed by atoms with Gasteiger partial charge in [-0.15, -0.1) is 0 Å². The highest BCUT2D eigenvalue weighted by atomic mass is 16.6. The van der Waals surface area contributed by atoms with Crippen LogP contribution in [-0.4, -0.2) is 53.0 Å². The zero-order chi connectivity index (χ0) is 27.1.